The van der Waals surface area contributed by atoms with Crippen molar-refractivity contribution in [2.45, 2.75) is 26.1 Å². The van der Waals surface area contributed by atoms with Crippen molar-refractivity contribution in [2.75, 3.05) is 6.54 Å². The number of likely N-dealkylation sites (N-methyl/N-ethyl adjacent to an activating group) is 1. The van der Waals surface area contributed by atoms with Crippen molar-refractivity contribution < 1.29 is 4.79 Å². The first-order valence-electron chi connectivity index (χ1n) is 5.45. The van der Waals surface area contributed by atoms with Crippen LogP contribution in [0.3, 0.4) is 0 Å². The van der Waals surface area contributed by atoms with Crippen LogP contribution in [0.25, 0.3) is 0 Å². The van der Waals surface area contributed by atoms with Gasteiger partial charge in [-0.15, -0.1) is 0 Å². The van der Waals surface area contributed by atoms with Gasteiger partial charge in [0.05, 0.1) is 6.04 Å². The number of hydrogen-bond donors (Lipinski definition) is 1. The number of amides is 1. The molecule has 1 N–H and O–H groups in total. The van der Waals surface area contributed by atoms with Gasteiger partial charge in [-0.1, -0.05) is 23.7 Å². The highest BCUT2D eigenvalue weighted by Crippen LogP contribution is 2.26. The van der Waals surface area contributed by atoms with Crippen LogP contribution in [-0.2, 0) is 4.79 Å². The van der Waals surface area contributed by atoms with Gasteiger partial charge < -0.3 is 4.90 Å². The van der Waals surface area contributed by atoms with Crippen molar-refractivity contribution in [2.24, 2.45) is 0 Å². The molecule has 2 unspecified atom stereocenters. The van der Waals surface area contributed by atoms with E-state index in [-0.39, 0.29) is 18.1 Å². The van der Waals surface area contributed by atoms with Gasteiger partial charge >= 0.3 is 0 Å². The quantitative estimate of drug-likeness (QED) is 0.857. The molecule has 0 aromatic heterocycles. The van der Waals surface area contributed by atoms with Crippen molar-refractivity contribution in [3.63, 3.8) is 0 Å². The van der Waals surface area contributed by atoms with Gasteiger partial charge in [-0.3, -0.25) is 10.1 Å². The molecule has 1 saturated heterocycles. The summed E-state index contributed by atoms with van der Waals surface area (Å²) in [5.74, 6) is 0.146. The molecule has 16 heavy (non-hydrogen) atoms. The van der Waals surface area contributed by atoms with Crippen LogP contribution in [0.4, 0.5) is 0 Å². The summed E-state index contributed by atoms with van der Waals surface area (Å²) in [5.41, 5.74) is 1.03. The number of hydrogen-bond acceptors (Lipinski definition) is 2. The van der Waals surface area contributed by atoms with Gasteiger partial charge in [-0.25, -0.2) is 0 Å². The number of carbonyl (C=O) groups is 1. The molecule has 86 valence electrons. The average Bonchev–Trinajstić information content (AvgIpc) is 2.55. The lowest BCUT2D eigenvalue weighted by Gasteiger charge is -2.23. The summed E-state index contributed by atoms with van der Waals surface area (Å²) in [6.45, 7) is 4.57. The molecular weight excluding hydrogens is 224 g/mol. The minimum absolute atomic E-state index is 0.0498. The van der Waals surface area contributed by atoms with Crippen LogP contribution < -0.4 is 5.32 Å². The highest BCUT2D eigenvalue weighted by molar-refractivity contribution is 6.30. The van der Waals surface area contributed by atoms with Gasteiger partial charge in [0.1, 0.15) is 6.17 Å². The second kappa shape index (κ2) is 4.44. The molecule has 0 saturated carbocycles. The van der Waals surface area contributed by atoms with Gasteiger partial charge in [-0.2, -0.15) is 0 Å². The molecule has 2 atom stereocenters. The second-order valence-electron chi connectivity index (χ2n) is 3.97. The maximum absolute atomic E-state index is 11.8. The van der Waals surface area contributed by atoms with E-state index in [1.165, 1.54) is 0 Å². The van der Waals surface area contributed by atoms with E-state index in [4.69, 9.17) is 11.6 Å². The van der Waals surface area contributed by atoms with Gasteiger partial charge in [0, 0.05) is 11.6 Å². The predicted octanol–water partition coefficient (Wildman–Crippen LogP) is 2.18. The molecule has 1 aliphatic rings. The highest BCUT2D eigenvalue weighted by Gasteiger charge is 2.35. The fourth-order valence-corrected chi connectivity index (χ4v) is 2.26. The zero-order valence-electron chi connectivity index (χ0n) is 9.40. The molecule has 2 rings (SSSR count). The van der Waals surface area contributed by atoms with Crippen molar-refractivity contribution in [1.29, 1.82) is 0 Å². The minimum Gasteiger partial charge on any atom is -0.322 e. The Hall–Kier alpha value is -1.06. The second-order valence-corrected chi connectivity index (χ2v) is 4.41. The average molecular weight is 239 g/mol. The molecule has 1 aromatic carbocycles. The topological polar surface area (TPSA) is 32.3 Å². The smallest absolute Gasteiger partial charge is 0.241 e. The molecule has 1 fully saturated rings. The van der Waals surface area contributed by atoms with Crippen LogP contribution in [-0.4, -0.2) is 23.4 Å². The Balaban J connectivity index is 2.30. The summed E-state index contributed by atoms with van der Waals surface area (Å²) >= 11 is 5.96. The van der Waals surface area contributed by atoms with E-state index in [0.29, 0.717) is 11.6 Å². The zero-order chi connectivity index (χ0) is 11.7. The van der Waals surface area contributed by atoms with Crippen LogP contribution in [0.2, 0.25) is 5.02 Å². The van der Waals surface area contributed by atoms with Gasteiger partial charge in [-0.05, 0) is 31.5 Å². The first kappa shape index (κ1) is 11.4. The first-order valence-corrected chi connectivity index (χ1v) is 5.83. The van der Waals surface area contributed by atoms with Crippen molar-refractivity contribution in [3.05, 3.63) is 34.9 Å². The summed E-state index contributed by atoms with van der Waals surface area (Å²) < 4.78 is 0. The van der Waals surface area contributed by atoms with Crippen molar-refractivity contribution >= 4 is 17.5 Å². The molecule has 4 heteroatoms. The Morgan fingerprint density at radius 1 is 1.50 bits per heavy atom. The fraction of sp³-hybridized carbons (Fsp3) is 0.417. The Kier molecular flexibility index (Phi) is 3.17. The number of carbonyl (C=O) groups excluding carboxylic acids is 1. The predicted molar refractivity (Wildman–Crippen MR) is 64.2 cm³/mol. The fourth-order valence-electron chi connectivity index (χ4n) is 2.07. The van der Waals surface area contributed by atoms with Gasteiger partial charge in [0.2, 0.25) is 5.91 Å². The molecule has 1 heterocycles. The zero-order valence-corrected chi connectivity index (χ0v) is 10.2. The normalized spacial score (nSPS) is 25.2. The third-order valence-electron chi connectivity index (χ3n) is 2.88. The van der Waals surface area contributed by atoms with Crippen molar-refractivity contribution in [3.8, 4) is 0 Å². The Bertz CT molecular complexity index is 408. The van der Waals surface area contributed by atoms with E-state index >= 15 is 0 Å². The van der Waals surface area contributed by atoms with Crippen LogP contribution in [0.5, 0.6) is 0 Å². The van der Waals surface area contributed by atoms with E-state index in [9.17, 15) is 4.79 Å². The third-order valence-corrected chi connectivity index (χ3v) is 3.11. The monoisotopic (exact) mass is 238 g/mol. The van der Waals surface area contributed by atoms with E-state index in [2.05, 4.69) is 5.32 Å². The standard InChI is InChI=1S/C12H15ClN2O/c1-3-15-11(14-8(2)12(15)16)9-5-4-6-10(13)7-9/h4-8,11,14H,3H2,1-2H3. The lowest BCUT2D eigenvalue weighted by atomic mass is 10.1. The van der Waals surface area contributed by atoms with Gasteiger partial charge in [0.15, 0.2) is 0 Å². The summed E-state index contributed by atoms with van der Waals surface area (Å²) in [5, 5.41) is 3.96. The highest BCUT2D eigenvalue weighted by atomic mass is 35.5. The maximum Gasteiger partial charge on any atom is 0.241 e. The van der Waals surface area contributed by atoms with E-state index in [0.717, 1.165) is 5.56 Å². The minimum atomic E-state index is -0.121. The van der Waals surface area contributed by atoms with Gasteiger partial charge in [0.25, 0.3) is 0 Å². The first-order chi connectivity index (χ1) is 7.63. The molecular formula is C12H15ClN2O. The summed E-state index contributed by atoms with van der Waals surface area (Å²) in [6.07, 6.45) is -0.0498. The summed E-state index contributed by atoms with van der Waals surface area (Å²) in [6, 6.07) is 7.50. The Morgan fingerprint density at radius 2 is 2.25 bits per heavy atom. The number of benzene rings is 1. The van der Waals surface area contributed by atoms with Crippen LogP contribution in [0.15, 0.2) is 24.3 Å². The molecule has 0 spiro atoms. The van der Waals surface area contributed by atoms with Crippen molar-refractivity contribution in [1.82, 2.24) is 10.2 Å². The Labute approximate surface area is 100 Å². The third kappa shape index (κ3) is 1.93. The molecule has 0 aliphatic carbocycles. The molecule has 1 aromatic rings. The lowest BCUT2D eigenvalue weighted by Crippen LogP contribution is -2.30. The molecule has 3 nitrogen and oxygen atoms in total. The number of nitrogens with one attached hydrogen (secondary N) is 1. The van der Waals surface area contributed by atoms with Crippen LogP contribution in [0.1, 0.15) is 25.6 Å². The summed E-state index contributed by atoms with van der Waals surface area (Å²) in [4.78, 5) is 13.7. The number of nitrogens with zero attached hydrogens (tertiary/aromatic N) is 1. The molecule has 0 radical (unpaired) electrons. The molecule has 1 amide bonds. The SMILES string of the molecule is CCN1C(=O)C(C)NC1c1cccc(Cl)c1. The number of halogens is 1. The van der Waals surface area contributed by atoms with E-state index < -0.39 is 0 Å². The van der Waals surface area contributed by atoms with E-state index in [1.54, 1.807) is 0 Å². The lowest BCUT2D eigenvalue weighted by molar-refractivity contribution is -0.129. The largest absolute Gasteiger partial charge is 0.322 e. The van der Waals surface area contributed by atoms with E-state index in [1.807, 2.05) is 43.0 Å². The molecule has 0 bridgehead atoms. The van der Waals surface area contributed by atoms with Crippen LogP contribution in [0, 0.1) is 0 Å². The summed E-state index contributed by atoms with van der Waals surface area (Å²) in [7, 11) is 0. The number of rotatable bonds is 2. The molecule has 1 aliphatic heterocycles. The Morgan fingerprint density at radius 3 is 2.88 bits per heavy atom. The maximum atomic E-state index is 11.8. The van der Waals surface area contributed by atoms with Crippen LogP contribution >= 0.6 is 11.6 Å².